The average molecular weight is 689 g/mol. The quantitative estimate of drug-likeness (QED) is 0.146. The maximum Gasteiger partial charge on any atom is 0.408 e. The molecule has 0 saturated carbocycles. The maximum absolute atomic E-state index is 13.6. The Labute approximate surface area is 296 Å². The first-order valence-electron chi connectivity index (χ1n) is 16.8. The van der Waals surface area contributed by atoms with Crippen LogP contribution in [0.15, 0.2) is 115 Å². The number of benzene rings is 4. The molecule has 6 rings (SSSR count). The number of para-hydroxylation sites is 1. The maximum atomic E-state index is 13.6. The molecule has 1 aliphatic rings. The van der Waals surface area contributed by atoms with Gasteiger partial charge in [0.1, 0.15) is 12.1 Å². The van der Waals surface area contributed by atoms with E-state index in [1.54, 1.807) is 16.9 Å². The summed E-state index contributed by atoms with van der Waals surface area (Å²) in [6, 6.07) is 33.6. The van der Waals surface area contributed by atoms with Crippen LogP contribution in [0.5, 0.6) is 0 Å². The van der Waals surface area contributed by atoms with Crippen molar-refractivity contribution in [3.8, 4) is 11.1 Å². The molecule has 4 aromatic carbocycles. The fourth-order valence-corrected chi connectivity index (χ4v) is 6.26. The Bertz CT molecular complexity index is 1920. The van der Waals surface area contributed by atoms with Crippen molar-refractivity contribution in [1.82, 2.24) is 25.2 Å². The summed E-state index contributed by atoms with van der Waals surface area (Å²) in [6.45, 7) is 0.784. The molecule has 1 aromatic heterocycles. The Balaban J connectivity index is 1.09. The molecule has 1 aliphatic heterocycles. The summed E-state index contributed by atoms with van der Waals surface area (Å²) in [4.78, 5) is 39.7. The van der Waals surface area contributed by atoms with E-state index in [9.17, 15) is 19.5 Å². The van der Waals surface area contributed by atoms with Crippen LogP contribution in [0.4, 0.5) is 15.3 Å². The number of amides is 3. The molecule has 2 heterocycles. The minimum atomic E-state index is -1.05. The first-order valence-corrected chi connectivity index (χ1v) is 16.8. The number of carbonyl (C=O) groups is 3. The fraction of sp³-hybridized carbons (Fsp3) is 0.256. The molecule has 0 radical (unpaired) electrons. The molecule has 3 N–H and O–H groups in total. The molecule has 5 aromatic rings. The number of aromatic nitrogens is 3. The van der Waals surface area contributed by atoms with Crippen molar-refractivity contribution < 1.29 is 29.0 Å². The smallest absolute Gasteiger partial charge is 0.408 e. The van der Waals surface area contributed by atoms with Crippen molar-refractivity contribution in [2.24, 2.45) is 0 Å². The molecule has 12 heteroatoms. The topological polar surface area (TPSA) is 148 Å². The van der Waals surface area contributed by atoms with Gasteiger partial charge in [-0.15, -0.1) is 5.10 Å². The number of rotatable bonds is 12. The van der Waals surface area contributed by atoms with Crippen LogP contribution in [0.1, 0.15) is 34.8 Å². The lowest BCUT2D eigenvalue weighted by Crippen LogP contribution is -2.48. The SMILES string of the molecule is COC(=O)N[C@@H](Cc1ccc(-c2ccccc2)cc1)C(=O)Nc1ccccc1CC[C@@H]1CN(C(=O)O)[C@H](c2cnnn2Cc2ccccc2)CO1. The van der Waals surface area contributed by atoms with E-state index < -0.39 is 30.2 Å². The third kappa shape index (κ3) is 8.97. The van der Waals surface area contributed by atoms with Crippen LogP contribution in [0.25, 0.3) is 11.1 Å². The van der Waals surface area contributed by atoms with Crippen LogP contribution in [0.2, 0.25) is 0 Å². The molecular weight excluding hydrogens is 648 g/mol. The second-order valence-electron chi connectivity index (χ2n) is 12.3. The molecule has 3 amide bonds. The van der Waals surface area contributed by atoms with Crippen LogP contribution >= 0.6 is 0 Å². The summed E-state index contributed by atoms with van der Waals surface area (Å²) in [7, 11) is 1.26. The van der Waals surface area contributed by atoms with Crippen LogP contribution in [0, 0.1) is 0 Å². The molecule has 1 saturated heterocycles. The highest BCUT2D eigenvalue weighted by Gasteiger charge is 2.35. The first-order chi connectivity index (χ1) is 24.9. The zero-order valence-corrected chi connectivity index (χ0v) is 28.2. The van der Waals surface area contributed by atoms with Gasteiger partial charge in [0.2, 0.25) is 5.91 Å². The molecule has 3 atom stereocenters. The summed E-state index contributed by atoms with van der Waals surface area (Å²) >= 11 is 0. The highest BCUT2D eigenvalue weighted by atomic mass is 16.5. The van der Waals surface area contributed by atoms with Gasteiger partial charge in [-0.1, -0.05) is 108 Å². The summed E-state index contributed by atoms with van der Waals surface area (Å²) in [5, 5.41) is 24.1. The highest BCUT2D eigenvalue weighted by molar-refractivity contribution is 5.97. The van der Waals surface area contributed by atoms with E-state index in [1.807, 2.05) is 103 Å². The van der Waals surface area contributed by atoms with E-state index in [2.05, 4.69) is 20.9 Å². The number of ether oxygens (including phenoxy) is 2. The van der Waals surface area contributed by atoms with Gasteiger partial charge < -0.3 is 25.2 Å². The van der Waals surface area contributed by atoms with Crippen LogP contribution in [-0.4, -0.2) is 75.5 Å². The fourth-order valence-electron chi connectivity index (χ4n) is 6.26. The third-order valence-corrected chi connectivity index (χ3v) is 8.98. The lowest BCUT2D eigenvalue weighted by atomic mass is 10.00. The Morgan fingerprint density at radius 3 is 2.31 bits per heavy atom. The van der Waals surface area contributed by atoms with Crippen molar-refractivity contribution >= 4 is 23.8 Å². The molecule has 51 heavy (non-hydrogen) atoms. The van der Waals surface area contributed by atoms with Gasteiger partial charge >= 0.3 is 12.2 Å². The van der Waals surface area contributed by atoms with Crippen molar-refractivity contribution in [3.63, 3.8) is 0 Å². The van der Waals surface area contributed by atoms with E-state index in [1.165, 1.54) is 12.0 Å². The van der Waals surface area contributed by atoms with Crippen LogP contribution in [-0.2, 0) is 33.7 Å². The number of anilines is 1. The van der Waals surface area contributed by atoms with Gasteiger partial charge in [0, 0.05) is 12.1 Å². The number of hydrogen-bond donors (Lipinski definition) is 3. The molecule has 0 unspecified atom stereocenters. The van der Waals surface area contributed by atoms with Crippen LogP contribution < -0.4 is 10.6 Å². The standard InChI is InChI=1S/C39H40N6O6/c1-50-38(47)42-34(22-27-16-18-30(19-17-27)29-12-6-3-7-13-29)37(46)41-33-15-9-8-14-31(33)20-21-32-25-44(39(48)49)36(26-51-32)35-23-40-43-45(35)24-28-10-4-2-5-11-28/h2-19,23,32,34,36H,20-22,24-26H2,1H3,(H,41,46)(H,42,47)(H,48,49)/t32-,34+,36+/m1/s1. The van der Waals surface area contributed by atoms with Crippen molar-refractivity contribution in [3.05, 3.63) is 138 Å². The minimum Gasteiger partial charge on any atom is -0.465 e. The number of hydrogen-bond acceptors (Lipinski definition) is 7. The predicted octanol–water partition coefficient (Wildman–Crippen LogP) is 5.95. The Morgan fingerprint density at radius 2 is 1.59 bits per heavy atom. The van der Waals surface area contributed by atoms with Gasteiger partial charge in [-0.2, -0.15) is 0 Å². The molecule has 12 nitrogen and oxygen atoms in total. The monoisotopic (exact) mass is 688 g/mol. The molecule has 1 fully saturated rings. The number of nitrogens with zero attached hydrogens (tertiary/aromatic N) is 4. The van der Waals surface area contributed by atoms with Gasteiger partial charge in [0.25, 0.3) is 0 Å². The highest BCUT2D eigenvalue weighted by Crippen LogP contribution is 2.29. The molecule has 0 aliphatic carbocycles. The molecule has 262 valence electrons. The second kappa shape index (κ2) is 16.6. The third-order valence-electron chi connectivity index (χ3n) is 8.98. The lowest BCUT2D eigenvalue weighted by molar-refractivity contribution is -0.118. The van der Waals surface area contributed by atoms with E-state index in [-0.39, 0.29) is 25.7 Å². The number of alkyl carbamates (subject to hydrolysis) is 1. The number of morpholine rings is 1. The van der Waals surface area contributed by atoms with Gasteiger partial charge in [0.05, 0.1) is 44.8 Å². The predicted molar refractivity (Wildman–Crippen MR) is 191 cm³/mol. The largest absolute Gasteiger partial charge is 0.465 e. The van der Waals surface area contributed by atoms with Gasteiger partial charge in [-0.05, 0) is 46.7 Å². The summed E-state index contributed by atoms with van der Waals surface area (Å²) < 4.78 is 12.7. The van der Waals surface area contributed by atoms with E-state index in [4.69, 9.17) is 9.47 Å². The number of carboxylic acid groups (broad SMARTS) is 1. The van der Waals surface area contributed by atoms with Crippen molar-refractivity contribution in [1.29, 1.82) is 0 Å². The number of methoxy groups -OCH3 is 1. The normalized spacial score (nSPS) is 16.2. The van der Waals surface area contributed by atoms with Crippen molar-refractivity contribution in [2.45, 2.75) is 44.0 Å². The van der Waals surface area contributed by atoms with Gasteiger partial charge in [-0.25, -0.2) is 14.3 Å². The average Bonchev–Trinajstić information content (AvgIpc) is 3.62. The van der Waals surface area contributed by atoms with E-state index in [0.29, 0.717) is 30.8 Å². The minimum absolute atomic E-state index is 0.157. The van der Waals surface area contributed by atoms with Crippen molar-refractivity contribution in [2.75, 3.05) is 25.6 Å². The molecule has 0 bridgehead atoms. The van der Waals surface area contributed by atoms with Gasteiger partial charge in [0.15, 0.2) is 0 Å². The summed E-state index contributed by atoms with van der Waals surface area (Å²) in [5.74, 6) is -0.394. The zero-order valence-electron chi connectivity index (χ0n) is 28.2. The Morgan fingerprint density at radius 1 is 0.902 bits per heavy atom. The van der Waals surface area contributed by atoms with Crippen LogP contribution in [0.3, 0.4) is 0 Å². The van der Waals surface area contributed by atoms with E-state index in [0.717, 1.165) is 27.8 Å². The zero-order chi connectivity index (χ0) is 35.6. The Hall–Kier alpha value is -6.01. The van der Waals surface area contributed by atoms with E-state index >= 15 is 0 Å². The van der Waals surface area contributed by atoms with Gasteiger partial charge in [-0.3, -0.25) is 9.69 Å². The summed E-state index contributed by atoms with van der Waals surface area (Å²) in [5.41, 5.74) is 6.14. The Kier molecular flexibility index (Phi) is 11.3. The number of carbonyl (C=O) groups excluding carboxylic acids is 2. The lowest BCUT2D eigenvalue weighted by Gasteiger charge is -2.38. The summed E-state index contributed by atoms with van der Waals surface area (Å²) in [6.07, 6.45) is 0.748. The number of nitrogens with one attached hydrogen (secondary N) is 2. The molecule has 0 spiro atoms. The molecular formula is C39H40N6O6. The first kappa shape index (κ1) is 34.8. The second-order valence-corrected chi connectivity index (χ2v) is 12.3. The number of aryl methyl sites for hydroxylation is 1.